The molecule has 0 saturated heterocycles. The molecule has 6 nitrogen and oxygen atoms in total. The maximum atomic E-state index is 13.4. The summed E-state index contributed by atoms with van der Waals surface area (Å²) in [4.78, 5) is 24.7. The second kappa shape index (κ2) is 9.51. The van der Waals surface area contributed by atoms with Crippen LogP contribution in [0.15, 0.2) is 77.3 Å². The summed E-state index contributed by atoms with van der Waals surface area (Å²) in [5.74, 6) is 0.654. The molecule has 0 bridgehead atoms. The molecule has 6 heteroatoms. The number of fused-ring (bicyclic) bond motifs is 1. The molecule has 0 saturated carbocycles. The Hall–Kier alpha value is -3.93. The number of rotatable bonds is 4. The fourth-order valence-corrected chi connectivity index (χ4v) is 4.52. The molecule has 2 aliphatic rings. The van der Waals surface area contributed by atoms with Gasteiger partial charge < -0.3 is 10.6 Å². The molecular formula is C28H29N5O. The second-order valence-corrected chi connectivity index (χ2v) is 8.72. The molecule has 2 N–H and O–H groups in total. The minimum absolute atomic E-state index is 0.0310. The van der Waals surface area contributed by atoms with Gasteiger partial charge in [-0.05, 0) is 67.3 Å². The molecule has 2 amide bonds. The molecule has 1 unspecified atom stereocenters. The van der Waals surface area contributed by atoms with Crippen molar-refractivity contribution in [2.24, 2.45) is 4.99 Å². The smallest absolute Gasteiger partial charge is 0.327 e. The van der Waals surface area contributed by atoms with Gasteiger partial charge in [0.05, 0.1) is 17.4 Å². The van der Waals surface area contributed by atoms with Crippen molar-refractivity contribution in [1.29, 1.82) is 0 Å². The monoisotopic (exact) mass is 451 g/mol. The predicted octanol–water partition coefficient (Wildman–Crippen LogP) is 6.37. The number of aromatic nitrogens is 1. The van der Waals surface area contributed by atoms with E-state index in [4.69, 9.17) is 4.98 Å². The lowest BCUT2D eigenvalue weighted by atomic mass is 9.98. The van der Waals surface area contributed by atoms with Gasteiger partial charge in [0.2, 0.25) is 0 Å². The fraction of sp³-hybridized carbons (Fsp3) is 0.250. The highest BCUT2D eigenvalue weighted by molar-refractivity contribution is 6.03. The largest absolute Gasteiger partial charge is 0.382 e. The van der Waals surface area contributed by atoms with Crippen LogP contribution in [0.3, 0.4) is 0 Å². The zero-order valence-corrected chi connectivity index (χ0v) is 19.6. The number of anilines is 3. The molecule has 5 rings (SSSR count). The zero-order valence-electron chi connectivity index (χ0n) is 19.6. The van der Waals surface area contributed by atoms with Gasteiger partial charge in [-0.3, -0.25) is 9.89 Å². The van der Waals surface area contributed by atoms with Gasteiger partial charge in [0.25, 0.3) is 0 Å². The summed E-state index contributed by atoms with van der Waals surface area (Å²) < 4.78 is 0. The van der Waals surface area contributed by atoms with E-state index in [0.29, 0.717) is 12.4 Å². The fourth-order valence-electron chi connectivity index (χ4n) is 4.52. The van der Waals surface area contributed by atoms with Crippen molar-refractivity contribution >= 4 is 29.4 Å². The number of benzene rings is 2. The summed E-state index contributed by atoms with van der Waals surface area (Å²) in [6, 6.07) is 20.1. The molecular weight excluding hydrogens is 422 g/mol. The third-order valence-electron chi connectivity index (χ3n) is 6.30. The maximum Gasteiger partial charge on any atom is 0.327 e. The number of allylic oxidation sites excluding steroid dienone is 1. The molecule has 0 aliphatic carbocycles. The van der Waals surface area contributed by atoms with Crippen LogP contribution in [0.5, 0.6) is 0 Å². The highest BCUT2D eigenvalue weighted by atomic mass is 16.2. The maximum absolute atomic E-state index is 13.4. The molecule has 2 aromatic carbocycles. The van der Waals surface area contributed by atoms with Crippen LogP contribution in [-0.4, -0.2) is 30.3 Å². The van der Waals surface area contributed by atoms with Crippen LogP contribution in [0, 0.1) is 6.92 Å². The van der Waals surface area contributed by atoms with Crippen molar-refractivity contribution in [2.75, 3.05) is 28.6 Å². The van der Waals surface area contributed by atoms with Gasteiger partial charge in [0.1, 0.15) is 0 Å². The molecule has 34 heavy (non-hydrogen) atoms. The third kappa shape index (κ3) is 4.44. The average molecular weight is 452 g/mol. The van der Waals surface area contributed by atoms with Crippen LogP contribution in [0.25, 0.3) is 11.3 Å². The van der Waals surface area contributed by atoms with E-state index in [1.165, 1.54) is 11.1 Å². The zero-order chi connectivity index (χ0) is 23.5. The third-order valence-corrected chi connectivity index (χ3v) is 6.30. The Balaban J connectivity index is 1.42. The molecule has 2 aliphatic heterocycles. The summed E-state index contributed by atoms with van der Waals surface area (Å²) in [7, 11) is 0. The van der Waals surface area contributed by atoms with Crippen molar-refractivity contribution in [2.45, 2.75) is 32.7 Å². The van der Waals surface area contributed by atoms with Gasteiger partial charge in [0, 0.05) is 30.6 Å². The van der Waals surface area contributed by atoms with E-state index in [1.807, 2.05) is 48.7 Å². The van der Waals surface area contributed by atoms with Crippen LogP contribution in [0.4, 0.5) is 22.0 Å². The number of nitrogens with one attached hydrogen (secondary N) is 2. The van der Waals surface area contributed by atoms with Crippen LogP contribution in [0.1, 0.15) is 36.9 Å². The Morgan fingerprint density at radius 1 is 1.15 bits per heavy atom. The number of nitrogens with zero attached hydrogens (tertiary/aromatic N) is 3. The number of carbonyl (C=O) groups excluding carboxylic acids is 1. The Bertz CT molecular complexity index is 1280. The minimum Gasteiger partial charge on any atom is -0.382 e. The first-order valence-corrected chi connectivity index (χ1v) is 11.8. The van der Waals surface area contributed by atoms with Crippen molar-refractivity contribution in [1.82, 2.24) is 4.98 Å². The Morgan fingerprint density at radius 2 is 2.03 bits per heavy atom. The topological polar surface area (TPSA) is 69.6 Å². The Labute approximate surface area is 200 Å². The van der Waals surface area contributed by atoms with Crippen LogP contribution in [0.2, 0.25) is 0 Å². The number of hydrogen-bond acceptors (Lipinski definition) is 4. The average Bonchev–Trinajstić information content (AvgIpc) is 3.23. The molecule has 3 heterocycles. The first kappa shape index (κ1) is 21.9. The summed E-state index contributed by atoms with van der Waals surface area (Å²) in [6.45, 7) is 5.59. The van der Waals surface area contributed by atoms with E-state index in [2.05, 4.69) is 53.7 Å². The van der Waals surface area contributed by atoms with Crippen LogP contribution >= 0.6 is 0 Å². The number of aryl methyl sites for hydroxylation is 1. The van der Waals surface area contributed by atoms with Crippen LogP contribution in [-0.2, 0) is 0 Å². The van der Waals surface area contributed by atoms with Gasteiger partial charge in [-0.2, -0.15) is 0 Å². The van der Waals surface area contributed by atoms with Gasteiger partial charge in [-0.25, -0.2) is 9.78 Å². The number of aliphatic imine (C=N–C) groups is 1. The summed E-state index contributed by atoms with van der Waals surface area (Å²) in [5, 5.41) is 6.51. The lowest BCUT2D eigenvalue weighted by Gasteiger charge is -2.23. The van der Waals surface area contributed by atoms with Crippen molar-refractivity contribution in [3.8, 4) is 11.3 Å². The van der Waals surface area contributed by atoms with E-state index in [0.717, 1.165) is 47.6 Å². The van der Waals surface area contributed by atoms with Gasteiger partial charge in [-0.15, -0.1) is 0 Å². The van der Waals surface area contributed by atoms with E-state index in [-0.39, 0.29) is 12.1 Å². The number of carbonyl (C=O) groups is 1. The van der Waals surface area contributed by atoms with Crippen molar-refractivity contribution in [3.63, 3.8) is 0 Å². The lowest BCUT2D eigenvalue weighted by Crippen LogP contribution is -2.36. The first-order valence-electron chi connectivity index (χ1n) is 11.8. The predicted molar refractivity (Wildman–Crippen MR) is 140 cm³/mol. The standard InChI is InChI=1S/C28H29N5O/c1-3-20-13-15-30-26(20)22-9-5-10-23(18-22)31-28(34)33-16-6-14-29-25-12-11-24(32-27(25)33)21-8-4-7-19(2)17-21/h4-5,7-13,15,17-18,26,29H,3,6,14,16H2,1-2H3,(H,31,34). The van der Waals surface area contributed by atoms with Gasteiger partial charge in [-0.1, -0.05) is 42.8 Å². The van der Waals surface area contributed by atoms with E-state index >= 15 is 0 Å². The van der Waals surface area contributed by atoms with Crippen molar-refractivity contribution in [3.05, 3.63) is 83.4 Å². The molecule has 0 radical (unpaired) electrons. The summed E-state index contributed by atoms with van der Waals surface area (Å²) in [5.41, 5.74) is 7.06. The number of pyridine rings is 1. The lowest BCUT2D eigenvalue weighted by molar-refractivity contribution is 0.257. The summed E-state index contributed by atoms with van der Waals surface area (Å²) in [6.07, 6.45) is 5.74. The molecule has 3 aromatic rings. The minimum atomic E-state index is -0.183. The molecule has 1 atom stereocenters. The van der Waals surface area contributed by atoms with E-state index in [9.17, 15) is 4.79 Å². The highest BCUT2D eigenvalue weighted by Crippen LogP contribution is 2.33. The molecule has 0 spiro atoms. The quantitative estimate of drug-likeness (QED) is 0.484. The molecule has 1 aromatic heterocycles. The normalized spacial score (nSPS) is 16.9. The van der Waals surface area contributed by atoms with E-state index in [1.54, 1.807) is 4.90 Å². The number of urea groups is 1. The Kier molecular flexibility index (Phi) is 6.12. The van der Waals surface area contributed by atoms with Gasteiger partial charge >= 0.3 is 6.03 Å². The molecule has 0 fully saturated rings. The Morgan fingerprint density at radius 3 is 2.88 bits per heavy atom. The first-order chi connectivity index (χ1) is 16.6. The van der Waals surface area contributed by atoms with Gasteiger partial charge in [0.15, 0.2) is 5.82 Å². The molecule has 172 valence electrons. The number of hydrogen-bond donors (Lipinski definition) is 2. The van der Waals surface area contributed by atoms with Crippen LogP contribution < -0.4 is 15.5 Å². The SMILES string of the molecule is CCC1=CC=NC1c1cccc(NC(=O)N2CCCNc3ccc(-c4cccc(C)c4)nc32)c1. The number of amides is 2. The van der Waals surface area contributed by atoms with E-state index < -0.39 is 0 Å². The van der Waals surface area contributed by atoms with Crippen molar-refractivity contribution < 1.29 is 4.79 Å². The summed E-state index contributed by atoms with van der Waals surface area (Å²) >= 11 is 0. The highest BCUT2D eigenvalue weighted by Gasteiger charge is 2.24. The second-order valence-electron chi connectivity index (χ2n) is 8.72.